The number of pyridine rings is 1. The third-order valence-electron chi connectivity index (χ3n) is 12.3. The number of aryl methyl sites for hydroxylation is 2. The van der Waals surface area contributed by atoms with Crippen molar-refractivity contribution in [2.45, 2.75) is 93.8 Å². The van der Waals surface area contributed by atoms with Crippen molar-refractivity contribution < 1.29 is 28.2 Å². The van der Waals surface area contributed by atoms with Gasteiger partial charge in [0.05, 0.1) is 34.4 Å². The van der Waals surface area contributed by atoms with Gasteiger partial charge in [-0.05, 0) is 116 Å². The molecular formula is C47H57N5O7S. The lowest BCUT2D eigenvalue weighted by Crippen LogP contribution is -2.51. The van der Waals surface area contributed by atoms with Crippen molar-refractivity contribution in [3.8, 4) is 11.5 Å². The molecule has 318 valence electrons. The van der Waals surface area contributed by atoms with Gasteiger partial charge in [0.25, 0.3) is 0 Å². The van der Waals surface area contributed by atoms with Crippen molar-refractivity contribution in [1.82, 2.24) is 20.1 Å². The van der Waals surface area contributed by atoms with E-state index in [0.29, 0.717) is 28.9 Å². The second kappa shape index (κ2) is 19.1. The van der Waals surface area contributed by atoms with Gasteiger partial charge < -0.3 is 30.6 Å². The van der Waals surface area contributed by atoms with Gasteiger partial charge in [-0.1, -0.05) is 43.5 Å². The number of rotatable bonds is 15. The first-order valence-corrected chi connectivity index (χ1v) is 22.6. The number of anilines is 1. The summed E-state index contributed by atoms with van der Waals surface area (Å²) in [5.74, 6) is 0.0597. The van der Waals surface area contributed by atoms with Crippen molar-refractivity contribution >= 4 is 32.3 Å². The Kier molecular flexibility index (Phi) is 13.7. The molecule has 60 heavy (non-hydrogen) atoms. The molecule has 12 nitrogen and oxygen atoms in total. The van der Waals surface area contributed by atoms with Crippen LogP contribution in [0.4, 0.5) is 5.69 Å². The first-order chi connectivity index (χ1) is 28.9. The number of aromatic nitrogens is 1. The maximum absolute atomic E-state index is 13.7. The molecule has 13 heteroatoms. The Bertz CT molecular complexity index is 2430. The summed E-state index contributed by atoms with van der Waals surface area (Å²) in [6, 6.07) is 24.4. The van der Waals surface area contributed by atoms with E-state index in [9.17, 15) is 28.2 Å². The van der Waals surface area contributed by atoms with Gasteiger partial charge in [0, 0.05) is 68.5 Å². The Balaban J connectivity index is 0.875. The van der Waals surface area contributed by atoms with E-state index in [1.807, 2.05) is 38.1 Å². The number of benzene rings is 4. The van der Waals surface area contributed by atoms with Crippen molar-refractivity contribution in [3.05, 3.63) is 123 Å². The van der Waals surface area contributed by atoms with Crippen LogP contribution in [-0.4, -0.2) is 84.7 Å². The Morgan fingerprint density at radius 1 is 0.900 bits per heavy atom. The predicted octanol–water partition coefficient (Wildman–Crippen LogP) is 6.93. The molecule has 1 aromatic heterocycles. The average molecular weight is 836 g/mol. The molecular weight excluding hydrogens is 779 g/mol. The maximum Gasteiger partial charge on any atom is 0.248 e. The highest BCUT2D eigenvalue weighted by molar-refractivity contribution is 7.91. The predicted molar refractivity (Wildman–Crippen MR) is 234 cm³/mol. The standard InChI is InChI=1S/C47H57N5O7S/c1-31-26-35(27-32(2)42(31)29-48-30-44(54)40-16-18-43(53)47-41(40)17-19-45(55)50-47)49-46(56)20-25-59-37-10-7-11-39(28-37)60(57,58)38-14-12-34(13-15-38)33(3)51-21-23-52(24-22-51)36-8-5-4-6-9-36/h7,10-19,26-28,33,36,44,48,53-54H,4-6,8-9,20-25,29-30H2,1-3H3,(H,49,56)(H,50,55)/t33-,44-/m0/s1. The second-order valence-corrected chi connectivity index (χ2v) is 18.2. The lowest BCUT2D eigenvalue weighted by Gasteiger charge is -2.42. The number of ether oxygens (including phenoxy) is 1. The zero-order valence-corrected chi connectivity index (χ0v) is 35.6. The molecule has 1 saturated heterocycles. The number of amides is 1. The summed E-state index contributed by atoms with van der Waals surface area (Å²) in [4.78, 5) is 32.8. The highest BCUT2D eigenvalue weighted by Gasteiger charge is 2.28. The Labute approximate surface area is 352 Å². The van der Waals surface area contributed by atoms with Crippen LogP contribution in [0.5, 0.6) is 11.5 Å². The maximum atomic E-state index is 13.7. The van der Waals surface area contributed by atoms with Crippen molar-refractivity contribution in [2.24, 2.45) is 0 Å². The van der Waals surface area contributed by atoms with E-state index in [2.05, 4.69) is 32.3 Å². The number of sulfone groups is 1. The number of nitrogens with one attached hydrogen (secondary N) is 3. The van der Waals surface area contributed by atoms with E-state index in [-0.39, 0.29) is 58.1 Å². The number of aliphatic hydroxyl groups is 1. The fraction of sp³-hybridized carbons (Fsp3) is 0.404. The van der Waals surface area contributed by atoms with E-state index >= 15 is 0 Å². The Morgan fingerprint density at radius 2 is 1.62 bits per heavy atom. The summed E-state index contributed by atoms with van der Waals surface area (Å²) >= 11 is 0. The fourth-order valence-corrected chi connectivity index (χ4v) is 10.1. The molecule has 7 rings (SSSR count). The molecule has 0 spiro atoms. The van der Waals surface area contributed by atoms with Gasteiger partial charge in [-0.15, -0.1) is 0 Å². The number of nitrogens with zero attached hydrogens (tertiary/aromatic N) is 2. The number of phenols is 1. The highest BCUT2D eigenvalue weighted by Crippen LogP contribution is 2.31. The number of hydrogen-bond acceptors (Lipinski definition) is 10. The van der Waals surface area contributed by atoms with Gasteiger partial charge in [-0.25, -0.2) is 8.42 Å². The molecule has 4 aromatic carbocycles. The van der Waals surface area contributed by atoms with Crippen LogP contribution in [0.3, 0.4) is 0 Å². The molecule has 2 atom stereocenters. The van der Waals surface area contributed by atoms with Crippen LogP contribution in [0, 0.1) is 13.8 Å². The van der Waals surface area contributed by atoms with Crippen molar-refractivity contribution in [3.63, 3.8) is 0 Å². The number of phenolic OH excluding ortho intramolecular Hbond substituents is 1. The lowest BCUT2D eigenvalue weighted by molar-refractivity contribution is -0.116. The number of carbonyl (C=O) groups is 1. The number of aromatic amines is 1. The molecule has 2 fully saturated rings. The van der Waals surface area contributed by atoms with Crippen molar-refractivity contribution in [2.75, 3.05) is 44.6 Å². The first kappa shape index (κ1) is 43.1. The Morgan fingerprint density at radius 3 is 2.33 bits per heavy atom. The summed E-state index contributed by atoms with van der Waals surface area (Å²) < 4.78 is 33.2. The number of fused-ring (bicyclic) bond motifs is 1. The monoisotopic (exact) mass is 835 g/mol. The van der Waals surface area contributed by atoms with Gasteiger partial charge in [-0.2, -0.15) is 0 Å². The van der Waals surface area contributed by atoms with Crippen LogP contribution in [0.25, 0.3) is 10.9 Å². The smallest absolute Gasteiger partial charge is 0.248 e. The molecule has 1 amide bonds. The lowest BCUT2D eigenvalue weighted by atomic mass is 9.93. The quantitative estimate of drug-likeness (QED) is 0.0748. The van der Waals surface area contributed by atoms with Gasteiger partial charge in [-0.3, -0.25) is 19.4 Å². The SMILES string of the molecule is Cc1cc(NC(=O)CCOc2cccc(S(=O)(=O)c3ccc([C@H](C)N4CCN(C5CCCCC5)CC4)cc3)c2)cc(C)c1CNC[C@H](O)c1ccc(O)c2[nH]c(=O)ccc12. The molecule has 2 heterocycles. The number of carbonyl (C=O) groups excluding carboxylic acids is 1. The molecule has 0 radical (unpaired) electrons. The van der Waals surface area contributed by atoms with E-state index < -0.39 is 15.9 Å². The van der Waals surface area contributed by atoms with Crippen LogP contribution in [0.15, 0.2) is 99.5 Å². The van der Waals surface area contributed by atoms with E-state index in [4.69, 9.17) is 4.74 Å². The van der Waals surface area contributed by atoms with Gasteiger partial charge in [0.1, 0.15) is 11.5 Å². The largest absolute Gasteiger partial charge is 0.506 e. The van der Waals surface area contributed by atoms with E-state index in [1.165, 1.54) is 50.3 Å². The van der Waals surface area contributed by atoms with Crippen LogP contribution >= 0.6 is 0 Å². The zero-order chi connectivity index (χ0) is 42.4. The van der Waals surface area contributed by atoms with Crippen LogP contribution in [0.2, 0.25) is 0 Å². The summed E-state index contributed by atoms with van der Waals surface area (Å²) in [7, 11) is -3.79. The molecule has 0 bridgehead atoms. The summed E-state index contributed by atoms with van der Waals surface area (Å²) in [5, 5.41) is 27.9. The molecule has 0 unspecified atom stereocenters. The van der Waals surface area contributed by atoms with Gasteiger partial charge in [0.15, 0.2) is 0 Å². The molecule has 5 N–H and O–H groups in total. The summed E-state index contributed by atoms with van der Waals surface area (Å²) in [6.07, 6.45) is 5.87. The minimum Gasteiger partial charge on any atom is -0.506 e. The van der Waals surface area contributed by atoms with Crippen LogP contribution in [-0.2, 0) is 21.2 Å². The van der Waals surface area contributed by atoms with E-state index in [1.54, 1.807) is 42.5 Å². The second-order valence-electron chi connectivity index (χ2n) is 16.3. The molecule has 1 aliphatic carbocycles. The van der Waals surface area contributed by atoms with Crippen LogP contribution < -0.4 is 20.9 Å². The zero-order valence-electron chi connectivity index (χ0n) is 34.7. The normalized spacial score (nSPS) is 16.7. The third kappa shape index (κ3) is 10.1. The van der Waals surface area contributed by atoms with Crippen molar-refractivity contribution in [1.29, 1.82) is 0 Å². The minimum absolute atomic E-state index is 0.0609. The number of hydrogen-bond donors (Lipinski definition) is 5. The van der Waals surface area contributed by atoms with E-state index in [0.717, 1.165) is 54.5 Å². The summed E-state index contributed by atoms with van der Waals surface area (Å²) in [5.41, 5.74) is 5.22. The molecule has 5 aromatic rings. The summed E-state index contributed by atoms with van der Waals surface area (Å²) in [6.45, 7) is 11.1. The first-order valence-electron chi connectivity index (χ1n) is 21.1. The molecule has 1 saturated carbocycles. The topological polar surface area (TPSA) is 164 Å². The Hall–Kier alpha value is -5.05. The third-order valence-corrected chi connectivity index (χ3v) is 14.0. The average Bonchev–Trinajstić information content (AvgIpc) is 3.25. The highest BCUT2D eigenvalue weighted by atomic mass is 32.2. The molecule has 2 aliphatic rings. The van der Waals surface area contributed by atoms with Gasteiger partial charge in [0.2, 0.25) is 21.3 Å². The van der Waals surface area contributed by atoms with Gasteiger partial charge >= 0.3 is 0 Å². The number of H-pyrrole nitrogens is 1. The minimum atomic E-state index is -3.79. The fourth-order valence-electron chi connectivity index (χ4n) is 8.76. The number of piperazine rings is 1. The van der Waals surface area contributed by atoms with Crippen LogP contribution in [0.1, 0.15) is 85.4 Å². The number of aliphatic hydroxyl groups excluding tert-OH is 1. The number of aromatic hydroxyl groups is 1. The molecule has 1 aliphatic heterocycles.